The van der Waals surface area contributed by atoms with Gasteiger partial charge in [-0.3, -0.25) is 0 Å². The molecule has 1 saturated carbocycles. The van der Waals surface area contributed by atoms with E-state index in [9.17, 15) is 5.11 Å². The summed E-state index contributed by atoms with van der Waals surface area (Å²) in [6, 6.07) is 13.1. The fraction of sp³-hybridized carbons (Fsp3) is 0.464. The average Bonchev–Trinajstić information content (AvgIpc) is 2.93. The van der Waals surface area contributed by atoms with Crippen LogP contribution in [0.1, 0.15) is 25.7 Å². The summed E-state index contributed by atoms with van der Waals surface area (Å²) in [6.45, 7) is 5.32. The van der Waals surface area contributed by atoms with Gasteiger partial charge in [-0.2, -0.15) is 0 Å². The van der Waals surface area contributed by atoms with Crippen LogP contribution < -0.4 is 25.6 Å². The summed E-state index contributed by atoms with van der Waals surface area (Å²) in [6.07, 6.45) is 6.74. The fourth-order valence-corrected chi connectivity index (χ4v) is 5.43. The van der Waals surface area contributed by atoms with Crippen LogP contribution in [0.5, 0.6) is 11.6 Å². The average molecular weight is 518 g/mol. The minimum atomic E-state index is 0.168. The fourth-order valence-electron chi connectivity index (χ4n) is 5.43. The summed E-state index contributed by atoms with van der Waals surface area (Å²) in [7, 11) is 0. The second kappa shape index (κ2) is 11.0. The van der Waals surface area contributed by atoms with Gasteiger partial charge < -0.3 is 35.4 Å². The summed E-state index contributed by atoms with van der Waals surface area (Å²) in [5, 5.41) is 22.0. The van der Waals surface area contributed by atoms with Crippen molar-refractivity contribution in [3.63, 3.8) is 0 Å². The standard InChI is InChI=1S/C28H35N7O3/c29-28-25(18-24(32-33-28)23-3-1-2-4-26(23)36)35-13-11-34(12-14-35)19-5-10-31-27(15-19)38-22-16-21(17-22)37-20-6-8-30-9-7-20/h1-5,10,15,18,20-22,30,36H,6-9,11-14,16-17H2,(H2,29,33)/t21-,22-. The maximum Gasteiger partial charge on any atom is 0.215 e. The number of phenolic OH excluding ortho intramolecular Hbond substituents is 1. The number of nitrogen functional groups attached to an aromatic ring is 1. The highest BCUT2D eigenvalue weighted by atomic mass is 16.5. The van der Waals surface area contributed by atoms with Gasteiger partial charge in [0.2, 0.25) is 5.88 Å². The number of nitrogens with one attached hydrogen (secondary N) is 1. The van der Waals surface area contributed by atoms with E-state index in [0.29, 0.717) is 35.2 Å². The Morgan fingerprint density at radius 1 is 0.895 bits per heavy atom. The number of nitrogens with two attached hydrogens (primary N) is 1. The lowest BCUT2D eigenvalue weighted by Gasteiger charge is -2.39. The van der Waals surface area contributed by atoms with Crippen molar-refractivity contribution < 1.29 is 14.6 Å². The highest BCUT2D eigenvalue weighted by Gasteiger charge is 2.34. The number of hydrogen-bond acceptors (Lipinski definition) is 10. The van der Waals surface area contributed by atoms with Gasteiger partial charge in [0.05, 0.1) is 23.6 Å². The molecule has 0 amide bonds. The first-order valence-electron chi connectivity index (χ1n) is 13.5. The second-order valence-electron chi connectivity index (χ2n) is 10.3. The highest BCUT2D eigenvalue weighted by Crippen LogP contribution is 2.33. The topological polar surface area (TPSA) is 122 Å². The molecular formula is C28H35N7O3. The van der Waals surface area contributed by atoms with Crippen LogP contribution in [0, 0.1) is 0 Å². The predicted octanol–water partition coefficient (Wildman–Crippen LogP) is 2.83. The van der Waals surface area contributed by atoms with Crippen molar-refractivity contribution in [2.45, 2.75) is 44.0 Å². The first kappa shape index (κ1) is 24.7. The molecule has 2 aliphatic heterocycles. The molecule has 2 aromatic heterocycles. The van der Waals surface area contributed by atoms with Gasteiger partial charge in [-0.1, -0.05) is 12.1 Å². The summed E-state index contributed by atoms with van der Waals surface area (Å²) in [5.41, 5.74) is 9.38. The number of phenols is 1. The molecule has 3 fully saturated rings. The zero-order valence-electron chi connectivity index (χ0n) is 21.5. The molecule has 4 heterocycles. The van der Waals surface area contributed by atoms with E-state index < -0.39 is 0 Å². The van der Waals surface area contributed by atoms with Gasteiger partial charge in [0.25, 0.3) is 0 Å². The van der Waals surface area contributed by atoms with Crippen LogP contribution in [0.2, 0.25) is 0 Å². The number of aromatic nitrogens is 3. The van der Waals surface area contributed by atoms with Crippen LogP contribution in [0.25, 0.3) is 11.3 Å². The van der Waals surface area contributed by atoms with Crippen molar-refractivity contribution in [3.05, 3.63) is 48.7 Å². The lowest BCUT2D eigenvalue weighted by atomic mass is 9.91. The number of pyridine rings is 1. The molecule has 0 atom stereocenters. The molecule has 4 N–H and O–H groups in total. The molecule has 1 aliphatic carbocycles. The van der Waals surface area contributed by atoms with E-state index in [2.05, 4.69) is 30.3 Å². The van der Waals surface area contributed by atoms with Crippen molar-refractivity contribution in [2.75, 3.05) is 54.8 Å². The van der Waals surface area contributed by atoms with E-state index in [1.54, 1.807) is 12.1 Å². The molecule has 0 bridgehead atoms. The monoisotopic (exact) mass is 517 g/mol. The quantitative estimate of drug-likeness (QED) is 0.431. The summed E-state index contributed by atoms with van der Waals surface area (Å²) >= 11 is 0. The third kappa shape index (κ3) is 5.46. The Balaban J connectivity index is 1.04. The first-order chi connectivity index (χ1) is 18.6. The number of para-hydroxylation sites is 1. The Bertz CT molecular complexity index is 1240. The minimum absolute atomic E-state index is 0.168. The lowest BCUT2D eigenvalue weighted by Crippen LogP contribution is -2.47. The van der Waals surface area contributed by atoms with Crippen molar-refractivity contribution in [2.24, 2.45) is 0 Å². The number of benzene rings is 1. The molecule has 38 heavy (non-hydrogen) atoms. The first-order valence-corrected chi connectivity index (χ1v) is 13.5. The molecule has 1 aromatic carbocycles. The van der Waals surface area contributed by atoms with Crippen molar-refractivity contribution in [1.82, 2.24) is 20.5 Å². The van der Waals surface area contributed by atoms with Gasteiger partial charge in [0.1, 0.15) is 11.9 Å². The molecule has 0 radical (unpaired) electrons. The second-order valence-corrected chi connectivity index (χ2v) is 10.3. The molecule has 200 valence electrons. The Kier molecular flexibility index (Phi) is 7.15. The van der Waals surface area contributed by atoms with E-state index in [1.807, 2.05) is 36.5 Å². The maximum atomic E-state index is 10.2. The Labute approximate surface area is 222 Å². The normalized spacial score (nSPS) is 22.2. The van der Waals surface area contributed by atoms with Gasteiger partial charge in [0.15, 0.2) is 5.82 Å². The maximum absolute atomic E-state index is 10.2. The number of aromatic hydroxyl groups is 1. The van der Waals surface area contributed by atoms with E-state index >= 15 is 0 Å². The molecule has 3 aromatic rings. The minimum Gasteiger partial charge on any atom is -0.507 e. The van der Waals surface area contributed by atoms with Gasteiger partial charge in [-0.05, 0) is 50.2 Å². The molecule has 2 saturated heterocycles. The number of piperidine rings is 1. The molecule has 0 spiro atoms. The number of nitrogens with zero attached hydrogens (tertiary/aromatic N) is 5. The summed E-state index contributed by atoms with van der Waals surface area (Å²) in [5.74, 6) is 1.23. The van der Waals surface area contributed by atoms with Crippen molar-refractivity contribution >= 4 is 17.2 Å². The Hall–Kier alpha value is -3.63. The van der Waals surface area contributed by atoms with Crippen molar-refractivity contribution in [3.8, 4) is 22.9 Å². The largest absolute Gasteiger partial charge is 0.507 e. The summed E-state index contributed by atoms with van der Waals surface area (Å²) < 4.78 is 12.4. The zero-order valence-corrected chi connectivity index (χ0v) is 21.5. The Morgan fingerprint density at radius 2 is 1.66 bits per heavy atom. The third-order valence-electron chi connectivity index (χ3n) is 7.70. The predicted molar refractivity (Wildman–Crippen MR) is 147 cm³/mol. The molecular weight excluding hydrogens is 482 g/mol. The number of rotatable bonds is 7. The number of hydrogen-bond donors (Lipinski definition) is 3. The third-order valence-corrected chi connectivity index (χ3v) is 7.70. The SMILES string of the molecule is Nc1nnc(-c2ccccc2O)cc1N1CCN(c2ccnc(O[C@H]3C[C@H](OC4CCNCC4)C3)c2)CC1. The highest BCUT2D eigenvalue weighted by molar-refractivity contribution is 5.74. The van der Waals surface area contributed by atoms with Crippen LogP contribution in [0.3, 0.4) is 0 Å². The van der Waals surface area contributed by atoms with Crippen LogP contribution in [-0.2, 0) is 4.74 Å². The van der Waals surface area contributed by atoms with Gasteiger partial charge in [0, 0.05) is 62.5 Å². The van der Waals surface area contributed by atoms with Crippen LogP contribution in [0.4, 0.5) is 17.2 Å². The van der Waals surface area contributed by atoms with Gasteiger partial charge >= 0.3 is 0 Å². The number of ether oxygens (including phenoxy) is 2. The molecule has 10 nitrogen and oxygen atoms in total. The lowest BCUT2D eigenvalue weighted by molar-refractivity contribution is -0.103. The van der Waals surface area contributed by atoms with Crippen molar-refractivity contribution in [1.29, 1.82) is 0 Å². The molecule has 10 heteroatoms. The van der Waals surface area contributed by atoms with Gasteiger partial charge in [-0.25, -0.2) is 4.98 Å². The van der Waals surface area contributed by atoms with E-state index in [4.69, 9.17) is 15.2 Å². The van der Waals surface area contributed by atoms with E-state index in [-0.39, 0.29) is 11.9 Å². The van der Waals surface area contributed by atoms with Crippen LogP contribution in [-0.4, -0.2) is 77.9 Å². The molecule has 3 aliphatic rings. The Morgan fingerprint density at radius 3 is 2.45 bits per heavy atom. The molecule has 6 rings (SSSR count). The number of piperazine rings is 1. The van der Waals surface area contributed by atoms with E-state index in [1.165, 1.54) is 0 Å². The number of anilines is 3. The van der Waals surface area contributed by atoms with E-state index in [0.717, 1.165) is 76.3 Å². The summed E-state index contributed by atoms with van der Waals surface area (Å²) in [4.78, 5) is 9.01. The van der Waals surface area contributed by atoms with Crippen LogP contribution >= 0.6 is 0 Å². The van der Waals surface area contributed by atoms with Crippen LogP contribution in [0.15, 0.2) is 48.7 Å². The molecule has 0 unspecified atom stereocenters. The smallest absolute Gasteiger partial charge is 0.215 e. The zero-order chi connectivity index (χ0) is 25.9. The van der Waals surface area contributed by atoms with Gasteiger partial charge in [-0.15, -0.1) is 10.2 Å².